The molecule has 0 aromatic carbocycles. The van der Waals surface area contributed by atoms with E-state index in [0.717, 1.165) is 0 Å². The van der Waals surface area contributed by atoms with E-state index in [2.05, 4.69) is 48.4 Å². The maximum atomic E-state index is 6.69. The molecule has 0 radical (unpaired) electrons. The molecule has 0 saturated carbocycles. The summed E-state index contributed by atoms with van der Waals surface area (Å²) < 4.78 is 18.6. The molecule has 21 heavy (non-hydrogen) atoms. The van der Waals surface area contributed by atoms with Crippen LogP contribution in [0.1, 0.15) is 25.7 Å². The van der Waals surface area contributed by atoms with Gasteiger partial charge in [0.15, 0.2) is 0 Å². The maximum absolute atomic E-state index is 6.69. The second-order valence-electron chi connectivity index (χ2n) is 7.89. The molecule has 0 unspecified atom stereocenters. The summed E-state index contributed by atoms with van der Waals surface area (Å²) in [6.45, 7) is 18.8. The van der Waals surface area contributed by atoms with E-state index >= 15 is 0 Å². The smallest absolute Gasteiger partial charge is 0.312 e. The summed E-state index contributed by atoms with van der Waals surface area (Å²) in [6.07, 6.45) is 5.32. The van der Waals surface area contributed by atoms with Gasteiger partial charge in [0, 0.05) is 0 Å². The molecule has 124 valence electrons. The first kappa shape index (κ1) is 17.8. The van der Waals surface area contributed by atoms with Crippen LogP contribution in [0.25, 0.3) is 0 Å². The van der Waals surface area contributed by atoms with Crippen LogP contribution in [0.2, 0.25) is 39.3 Å². The van der Waals surface area contributed by atoms with Crippen molar-refractivity contribution >= 4 is 25.5 Å². The van der Waals surface area contributed by atoms with Gasteiger partial charge in [0.2, 0.25) is 0 Å². The lowest BCUT2D eigenvalue weighted by atomic mass is 10.4. The Morgan fingerprint density at radius 2 is 0.857 bits per heavy atom. The molecule has 0 bridgehead atoms. The predicted octanol–water partition coefficient (Wildman–Crippen LogP) is 3.32. The van der Waals surface area contributed by atoms with E-state index in [-0.39, 0.29) is 0 Å². The zero-order chi connectivity index (χ0) is 15.7. The summed E-state index contributed by atoms with van der Waals surface area (Å²) in [5, 5.41) is 0. The Morgan fingerprint density at radius 1 is 0.571 bits per heavy atom. The Labute approximate surface area is 134 Å². The quantitative estimate of drug-likeness (QED) is 0.689. The lowest BCUT2D eigenvalue weighted by Gasteiger charge is -2.44. The predicted molar refractivity (Wildman–Crippen MR) is 96.2 cm³/mol. The van der Waals surface area contributed by atoms with Gasteiger partial charge in [0.1, 0.15) is 0 Å². The SMILES string of the molecule is C[Si](C)(O[Si](C)(C)N1CCCC1)O[Si](C)(C)N1CCCC1. The van der Waals surface area contributed by atoms with Crippen LogP contribution >= 0.6 is 0 Å². The molecule has 0 aromatic rings. The van der Waals surface area contributed by atoms with E-state index in [9.17, 15) is 0 Å². The van der Waals surface area contributed by atoms with E-state index in [0.29, 0.717) is 0 Å². The summed E-state index contributed by atoms with van der Waals surface area (Å²) in [5.74, 6) is 0. The third-order valence-electron chi connectivity index (χ3n) is 4.73. The average Bonchev–Trinajstić information content (AvgIpc) is 3.00. The molecule has 0 aromatic heterocycles. The molecule has 0 aliphatic carbocycles. The van der Waals surface area contributed by atoms with Crippen molar-refractivity contribution in [1.29, 1.82) is 0 Å². The van der Waals surface area contributed by atoms with Crippen molar-refractivity contribution in [2.24, 2.45) is 0 Å². The summed E-state index contributed by atoms with van der Waals surface area (Å²) in [6, 6.07) is 0. The van der Waals surface area contributed by atoms with Crippen molar-refractivity contribution in [1.82, 2.24) is 9.13 Å². The van der Waals surface area contributed by atoms with E-state index in [4.69, 9.17) is 8.23 Å². The first-order chi connectivity index (χ1) is 9.62. The molecule has 2 fully saturated rings. The lowest BCUT2D eigenvalue weighted by molar-refractivity contribution is 0.310. The third kappa shape index (κ3) is 4.73. The van der Waals surface area contributed by atoms with Crippen molar-refractivity contribution in [2.45, 2.75) is 65.0 Å². The van der Waals surface area contributed by atoms with Gasteiger partial charge in [0.05, 0.1) is 0 Å². The summed E-state index contributed by atoms with van der Waals surface area (Å²) in [7, 11) is -5.61. The molecular weight excluding hydrogens is 312 g/mol. The van der Waals surface area contributed by atoms with E-state index in [1.54, 1.807) is 0 Å². The minimum atomic E-state index is -2.07. The molecule has 0 atom stereocenters. The van der Waals surface area contributed by atoms with Crippen molar-refractivity contribution < 1.29 is 8.23 Å². The van der Waals surface area contributed by atoms with E-state index in [1.165, 1.54) is 51.9 Å². The molecule has 2 saturated heterocycles. The highest BCUT2D eigenvalue weighted by molar-refractivity contribution is 6.86. The fourth-order valence-electron chi connectivity index (χ4n) is 3.86. The molecule has 0 N–H and O–H groups in total. The van der Waals surface area contributed by atoms with Crippen molar-refractivity contribution in [3.8, 4) is 0 Å². The van der Waals surface area contributed by atoms with Crippen LogP contribution in [0.4, 0.5) is 0 Å². The second kappa shape index (κ2) is 6.54. The Bertz CT molecular complexity index is 320. The average molecular weight is 347 g/mol. The van der Waals surface area contributed by atoms with Crippen LogP contribution in [0.5, 0.6) is 0 Å². The summed E-state index contributed by atoms with van der Waals surface area (Å²) in [5.41, 5.74) is 0. The lowest BCUT2D eigenvalue weighted by Crippen LogP contribution is -2.62. The van der Waals surface area contributed by atoms with Crippen molar-refractivity contribution in [3.63, 3.8) is 0 Å². The number of hydrogen-bond acceptors (Lipinski definition) is 4. The van der Waals surface area contributed by atoms with Gasteiger partial charge < -0.3 is 17.4 Å². The largest absolute Gasteiger partial charge is 0.424 e. The van der Waals surface area contributed by atoms with Gasteiger partial charge in [0.25, 0.3) is 17.0 Å². The Kier molecular flexibility index (Phi) is 5.56. The molecule has 7 heteroatoms. The third-order valence-corrected chi connectivity index (χ3v) is 16.6. The molecule has 2 rings (SSSR count). The van der Waals surface area contributed by atoms with Crippen LogP contribution in [0, 0.1) is 0 Å². The number of nitrogens with zero attached hydrogens (tertiary/aromatic N) is 2. The van der Waals surface area contributed by atoms with Gasteiger partial charge >= 0.3 is 8.56 Å². The Balaban J connectivity index is 1.96. The van der Waals surface area contributed by atoms with Crippen LogP contribution in [0.15, 0.2) is 0 Å². The fraction of sp³-hybridized carbons (Fsp3) is 1.00. The first-order valence-electron chi connectivity index (χ1n) is 8.53. The van der Waals surface area contributed by atoms with Crippen LogP contribution in [-0.2, 0) is 8.23 Å². The molecule has 0 spiro atoms. The Morgan fingerprint density at radius 3 is 1.14 bits per heavy atom. The van der Waals surface area contributed by atoms with Gasteiger partial charge in [-0.3, -0.25) is 0 Å². The van der Waals surface area contributed by atoms with Gasteiger partial charge in [-0.15, -0.1) is 0 Å². The molecule has 2 aliphatic rings. The minimum absolute atomic E-state index is 1.22. The number of rotatable bonds is 6. The van der Waals surface area contributed by atoms with Gasteiger partial charge in [-0.1, -0.05) is 0 Å². The van der Waals surface area contributed by atoms with Gasteiger partial charge in [-0.2, -0.15) is 0 Å². The monoisotopic (exact) mass is 346 g/mol. The zero-order valence-corrected chi connectivity index (χ0v) is 17.9. The van der Waals surface area contributed by atoms with Crippen LogP contribution < -0.4 is 0 Å². The van der Waals surface area contributed by atoms with Crippen molar-refractivity contribution in [2.75, 3.05) is 26.2 Å². The summed E-state index contributed by atoms with van der Waals surface area (Å²) >= 11 is 0. The zero-order valence-electron chi connectivity index (χ0n) is 14.9. The first-order valence-corrected chi connectivity index (χ1v) is 17.1. The van der Waals surface area contributed by atoms with E-state index in [1.807, 2.05) is 0 Å². The molecule has 2 heterocycles. The fourth-order valence-corrected chi connectivity index (χ4v) is 17.8. The standard InChI is InChI=1S/C14H34N2O2Si3/c1-19(2,15-11-7-8-12-15)17-21(5,6)18-20(3,4)16-13-9-10-14-16/h7-14H2,1-6H3. The van der Waals surface area contributed by atoms with Gasteiger partial charge in [-0.25, -0.2) is 0 Å². The Hall–Kier alpha value is 0.491. The topological polar surface area (TPSA) is 24.9 Å². The molecule has 2 aliphatic heterocycles. The van der Waals surface area contributed by atoms with E-state index < -0.39 is 25.5 Å². The second-order valence-corrected chi connectivity index (χ2v) is 19.4. The number of hydrogen-bond donors (Lipinski definition) is 0. The molecule has 0 amide bonds. The maximum Gasteiger partial charge on any atom is 0.312 e. The highest BCUT2D eigenvalue weighted by Gasteiger charge is 2.45. The normalized spacial score (nSPS) is 23.1. The minimum Gasteiger partial charge on any atom is -0.424 e. The van der Waals surface area contributed by atoms with Crippen LogP contribution in [-0.4, -0.2) is 60.8 Å². The van der Waals surface area contributed by atoms with Crippen LogP contribution in [0.3, 0.4) is 0 Å². The highest BCUT2D eigenvalue weighted by atomic mass is 28.5. The van der Waals surface area contributed by atoms with Gasteiger partial charge in [-0.05, 0) is 91.1 Å². The highest BCUT2D eigenvalue weighted by Crippen LogP contribution is 2.27. The summed E-state index contributed by atoms with van der Waals surface area (Å²) in [4.78, 5) is 0. The molecular formula is C14H34N2O2Si3. The molecule has 4 nitrogen and oxygen atoms in total. The van der Waals surface area contributed by atoms with Crippen molar-refractivity contribution in [3.05, 3.63) is 0 Å².